The molecule has 8 heteroatoms. The van der Waals surface area contributed by atoms with Crippen molar-refractivity contribution < 1.29 is 81.7 Å². The first-order chi connectivity index (χ1) is 9.41. The van der Waals surface area contributed by atoms with Crippen LogP contribution in [-0.4, -0.2) is 29.2 Å². The number of hydrogen-bond acceptors (Lipinski definition) is 5. The molecule has 0 unspecified atom stereocenters. The second kappa shape index (κ2) is 25.1. The van der Waals surface area contributed by atoms with Gasteiger partial charge in [0.15, 0.2) is 0 Å². The van der Waals surface area contributed by atoms with Crippen LogP contribution in [0, 0.1) is 0 Å². The quantitative estimate of drug-likeness (QED) is 0.178. The first-order valence-electron chi connectivity index (χ1n) is 7.69. The van der Waals surface area contributed by atoms with Crippen LogP contribution in [0.15, 0.2) is 0 Å². The molecule has 124 valence electrons. The molecule has 0 aliphatic carbocycles. The Hall–Kier alpha value is 1.83. The van der Waals surface area contributed by atoms with Crippen molar-refractivity contribution in [3.05, 3.63) is 0 Å². The molecule has 0 aromatic heterocycles. The molecule has 0 atom stereocenters. The van der Waals surface area contributed by atoms with Gasteiger partial charge in [0, 0.05) is 17.0 Å². The molecule has 0 rings (SSSR count). The minimum Gasteiger partial charge on any atom is -0.759 e. The summed E-state index contributed by atoms with van der Waals surface area (Å²) in [5, 5.41) is 8.61. The van der Waals surface area contributed by atoms with Crippen LogP contribution in [-0.2, 0) is 10.4 Å². The van der Waals surface area contributed by atoms with Gasteiger partial charge in [-0.25, -0.2) is 0 Å². The summed E-state index contributed by atoms with van der Waals surface area (Å²) in [4.78, 5) is 0. The summed E-state index contributed by atoms with van der Waals surface area (Å²) in [6, 6.07) is 0. The van der Waals surface area contributed by atoms with E-state index in [-0.39, 0.29) is 59.1 Å². The maximum absolute atomic E-state index is 8.61. The van der Waals surface area contributed by atoms with Gasteiger partial charge in [-0.15, -0.1) is 0 Å². The maximum atomic E-state index is 8.61. The number of rotatable bonds is 12. The van der Waals surface area contributed by atoms with Gasteiger partial charge in [-0.2, -0.15) is 0 Å². The Morgan fingerprint density at radius 1 is 0.682 bits per heavy atom. The first-order valence-corrected chi connectivity index (χ1v) is 9.02. The van der Waals surface area contributed by atoms with E-state index in [4.69, 9.17) is 22.6 Å². The van der Waals surface area contributed by atoms with Crippen LogP contribution < -0.4 is 59.1 Å². The second-order valence-electron chi connectivity index (χ2n) is 5.02. The van der Waals surface area contributed by atoms with Crippen molar-refractivity contribution in [3.63, 3.8) is 0 Å². The fraction of sp³-hybridized carbons (Fsp3) is 1.00. The molecule has 0 fully saturated rings. The predicted molar refractivity (Wildman–Crippen MR) is 78.6 cm³/mol. The summed E-state index contributed by atoms with van der Waals surface area (Å²) < 4.78 is 34.1. The van der Waals surface area contributed by atoms with Crippen LogP contribution in [0.2, 0.25) is 0 Å². The molecule has 0 saturated carbocycles. The molecule has 1 N–H and O–H groups in total. The number of unbranched alkanes of at least 4 members (excludes halogenated alkanes) is 11. The van der Waals surface area contributed by atoms with Crippen molar-refractivity contribution in [1.82, 2.24) is 0 Å². The van der Waals surface area contributed by atoms with Crippen LogP contribution in [0.3, 0.4) is 0 Å². The van der Waals surface area contributed by atoms with Crippen molar-refractivity contribution in [3.8, 4) is 0 Å². The summed E-state index contributed by atoms with van der Waals surface area (Å²) in [7, 11) is -5.17. The molecule has 22 heavy (non-hydrogen) atoms. The monoisotopic (exact) mass is 356 g/mol. The van der Waals surface area contributed by atoms with Crippen LogP contribution in [0.5, 0.6) is 0 Å². The van der Waals surface area contributed by atoms with Gasteiger partial charge >= 0.3 is 59.1 Å². The molecule has 5 nitrogen and oxygen atoms in total. The van der Waals surface area contributed by atoms with Gasteiger partial charge in [-0.3, -0.25) is 8.42 Å². The molecule has 0 heterocycles. The van der Waals surface area contributed by atoms with Crippen LogP contribution >= 0.6 is 0 Å². The summed E-state index contributed by atoms with van der Waals surface area (Å²) in [5.74, 6) is 0. The molecule has 0 radical (unpaired) electrons. The molecular weight excluding hydrogens is 326 g/mol. The van der Waals surface area contributed by atoms with Crippen LogP contribution in [0.25, 0.3) is 0 Å². The zero-order valence-corrected chi connectivity index (χ0v) is 19.5. The van der Waals surface area contributed by atoms with E-state index in [9.17, 15) is 0 Å². The van der Waals surface area contributed by atoms with Gasteiger partial charge in [-0.05, 0) is 6.42 Å². The normalized spacial score (nSPS) is 10.0. The summed E-state index contributed by atoms with van der Waals surface area (Å²) in [5.41, 5.74) is 0. The smallest absolute Gasteiger partial charge is 0.759 e. The van der Waals surface area contributed by atoms with E-state index in [1.54, 1.807) is 0 Å². The summed E-state index contributed by atoms with van der Waals surface area (Å²) >= 11 is 0. The van der Waals surface area contributed by atoms with Crippen molar-refractivity contribution in [2.24, 2.45) is 0 Å². The van der Waals surface area contributed by atoms with Gasteiger partial charge in [0.1, 0.15) is 0 Å². The zero-order valence-electron chi connectivity index (χ0n) is 14.7. The first kappa shape index (κ1) is 31.6. The molecule has 0 aliphatic rings. The molecule has 0 spiro atoms. The molecule has 0 bridgehead atoms. The minimum absolute atomic E-state index is 0. The molecule has 0 aromatic carbocycles. The van der Waals surface area contributed by atoms with Crippen molar-refractivity contribution >= 4 is 10.4 Å². The van der Waals surface area contributed by atoms with E-state index in [0.29, 0.717) is 6.61 Å². The Morgan fingerprint density at radius 3 is 1.14 bits per heavy atom. The molecule has 0 aromatic rings. The SMILES string of the molecule is CCCCCCCCCCCCCCO.O=S(=O)([O-])[O-].[Na+].[Na+]. The molecule has 0 saturated heterocycles. The van der Waals surface area contributed by atoms with Gasteiger partial charge in [0.05, 0.1) is 0 Å². The zero-order chi connectivity index (χ0) is 15.7. The second-order valence-corrected chi connectivity index (χ2v) is 5.84. The summed E-state index contributed by atoms with van der Waals surface area (Å²) in [6.07, 6.45) is 16.2. The maximum Gasteiger partial charge on any atom is 1.00 e. The molecular formula is C14H30Na2O5S. The van der Waals surface area contributed by atoms with E-state index < -0.39 is 10.4 Å². The van der Waals surface area contributed by atoms with E-state index in [0.717, 1.165) is 6.42 Å². The Labute approximate surface area is 181 Å². The van der Waals surface area contributed by atoms with Gasteiger partial charge in [-0.1, -0.05) is 77.6 Å². The molecule has 0 aliphatic heterocycles. The minimum atomic E-state index is -5.17. The molecule has 0 amide bonds. The number of hydrogen-bond donors (Lipinski definition) is 1. The third kappa shape index (κ3) is 49.5. The van der Waals surface area contributed by atoms with E-state index >= 15 is 0 Å². The predicted octanol–water partition coefficient (Wildman–Crippen LogP) is -2.65. The van der Waals surface area contributed by atoms with Gasteiger partial charge in [0.25, 0.3) is 0 Å². The van der Waals surface area contributed by atoms with Crippen LogP contribution in [0.4, 0.5) is 0 Å². The Balaban J connectivity index is -0.000000201. The van der Waals surface area contributed by atoms with Crippen molar-refractivity contribution in [2.75, 3.05) is 6.61 Å². The third-order valence-electron chi connectivity index (χ3n) is 3.01. The summed E-state index contributed by atoms with van der Waals surface area (Å²) in [6.45, 7) is 2.64. The number of aliphatic hydroxyl groups is 1. The van der Waals surface area contributed by atoms with Gasteiger partial charge in [0.2, 0.25) is 0 Å². The Morgan fingerprint density at radius 2 is 0.909 bits per heavy atom. The Bertz CT molecular complexity index is 254. The fourth-order valence-electron chi connectivity index (χ4n) is 1.95. The Kier molecular flexibility index (Phi) is 36.0. The third-order valence-corrected chi connectivity index (χ3v) is 3.01. The number of aliphatic hydroxyl groups excluding tert-OH is 1. The van der Waals surface area contributed by atoms with E-state index in [1.165, 1.54) is 70.6 Å². The average molecular weight is 356 g/mol. The van der Waals surface area contributed by atoms with Crippen molar-refractivity contribution in [2.45, 2.75) is 84.0 Å². The van der Waals surface area contributed by atoms with E-state index in [1.807, 2.05) is 0 Å². The van der Waals surface area contributed by atoms with Gasteiger partial charge < -0.3 is 14.2 Å². The van der Waals surface area contributed by atoms with E-state index in [2.05, 4.69) is 6.92 Å². The largest absolute Gasteiger partial charge is 1.00 e. The average Bonchev–Trinajstić information content (AvgIpc) is 2.34. The van der Waals surface area contributed by atoms with Crippen molar-refractivity contribution in [1.29, 1.82) is 0 Å². The standard InChI is InChI=1S/C14H30O.2Na.H2O4S/c1-2-3-4-5-6-7-8-9-10-11-12-13-14-15;;;1-5(2,3)4/h15H,2-14H2,1H3;;;(H2,1,2,3,4)/q;2*+1;/p-2. The fourth-order valence-corrected chi connectivity index (χ4v) is 1.95. The topological polar surface area (TPSA) is 100 Å². The van der Waals surface area contributed by atoms with Crippen LogP contribution in [0.1, 0.15) is 84.0 Å².